The molecule has 3 atom stereocenters. The van der Waals surface area contributed by atoms with Crippen molar-refractivity contribution in [1.29, 1.82) is 0 Å². The predicted molar refractivity (Wildman–Crippen MR) is 92.5 cm³/mol. The van der Waals surface area contributed by atoms with Gasteiger partial charge in [0, 0.05) is 6.04 Å². The minimum Gasteiger partial charge on any atom is -0.331 e. The second-order valence-electron chi connectivity index (χ2n) is 7.29. The minimum atomic E-state index is -4.50. The van der Waals surface area contributed by atoms with Crippen molar-refractivity contribution in [3.63, 3.8) is 0 Å². The van der Waals surface area contributed by atoms with Crippen molar-refractivity contribution >= 4 is 13.5 Å². The van der Waals surface area contributed by atoms with Crippen LogP contribution in [0.1, 0.15) is 57.6 Å². The van der Waals surface area contributed by atoms with Crippen LogP contribution in [0.2, 0.25) is 0 Å². The van der Waals surface area contributed by atoms with Crippen molar-refractivity contribution in [2.45, 2.75) is 63.7 Å². The summed E-state index contributed by atoms with van der Waals surface area (Å²) in [4.78, 5) is 33.8. The number of piperidine rings is 1. The predicted octanol–water partition coefficient (Wildman–Crippen LogP) is 3.61. The molecule has 2 N–H and O–H groups in total. The van der Waals surface area contributed by atoms with E-state index in [0.29, 0.717) is 18.4 Å². The standard InChI is InChI=1S/C18H25FNO4P/c1-3-18(4-2)11-14(12-6-5-7-13(19)10-12)20-16(18)9-8-15(17(20)21)25(22,23)24/h5-7,10,14-16H,3-4,8-9,11H2,1-2H3,(H2,22,23,24)/t14-,15?,16+/m0/s1. The number of hydrogen-bond donors (Lipinski definition) is 2. The molecule has 7 heteroatoms. The highest BCUT2D eigenvalue weighted by molar-refractivity contribution is 7.53. The maximum atomic E-state index is 13.7. The van der Waals surface area contributed by atoms with E-state index in [1.54, 1.807) is 17.0 Å². The maximum Gasteiger partial charge on any atom is 0.337 e. The fourth-order valence-corrected chi connectivity index (χ4v) is 5.72. The van der Waals surface area contributed by atoms with Crippen molar-refractivity contribution in [1.82, 2.24) is 4.90 Å². The number of fused-ring (bicyclic) bond motifs is 1. The quantitative estimate of drug-likeness (QED) is 0.795. The summed E-state index contributed by atoms with van der Waals surface area (Å²) in [5.74, 6) is -0.849. The molecule has 1 amide bonds. The first kappa shape index (κ1) is 18.6. The number of halogens is 1. The largest absolute Gasteiger partial charge is 0.337 e. The average molecular weight is 369 g/mol. The Hall–Kier alpha value is -1.23. The van der Waals surface area contributed by atoms with Gasteiger partial charge in [-0.25, -0.2) is 4.39 Å². The smallest absolute Gasteiger partial charge is 0.331 e. The Morgan fingerprint density at radius 1 is 1.28 bits per heavy atom. The van der Waals surface area contributed by atoms with E-state index in [1.165, 1.54) is 12.1 Å². The van der Waals surface area contributed by atoms with Gasteiger partial charge >= 0.3 is 7.60 Å². The van der Waals surface area contributed by atoms with Crippen molar-refractivity contribution < 1.29 is 23.5 Å². The first-order valence-electron chi connectivity index (χ1n) is 8.86. The van der Waals surface area contributed by atoms with Crippen LogP contribution in [0.3, 0.4) is 0 Å². The maximum absolute atomic E-state index is 13.7. The normalized spacial score (nSPS) is 28.9. The molecule has 2 heterocycles. The Kier molecular flexibility index (Phi) is 4.82. The summed E-state index contributed by atoms with van der Waals surface area (Å²) in [5, 5.41) is 0. The topological polar surface area (TPSA) is 77.8 Å². The van der Waals surface area contributed by atoms with Crippen LogP contribution in [0.15, 0.2) is 24.3 Å². The summed E-state index contributed by atoms with van der Waals surface area (Å²) in [6, 6.07) is 5.82. The second kappa shape index (κ2) is 6.49. The number of amides is 1. The molecular weight excluding hydrogens is 344 g/mol. The van der Waals surface area contributed by atoms with E-state index in [-0.39, 0.29) is 29.7 Å². The Balaban J connectivity index is 2.06. The first-order valence-corrected chi connectivity index (χ1v) is 10.5. The molecule has 0 aliphatic carbocycles. The van der Waals surface area contributed by atoms with Crippen LogP contribution in [-0.2, 0) is 9.36 Å². The number of carbonyl (C=O) groups excluding carboxylic acids is 1. The molecule has 1 unspecified atom stereocenters. The summed E-state index contributed by atoms with van der Waals surface area (Å²) in [6.45, 7) is 4.18. The van der Waals surface area contributed by atoms with E-state index < -0.39 is 19.2 Å². The Morgan fingerprint density at radius 3 is 2.52 bits per heavy atom. The monoisotopic (exact) mass is 369 g/mol. The third-order valence-corrected chi connectivity index (χ3v) is 7.57. The summed E-state index contributed by atoms with van der Waals surface area (Å²) in [7, 11) is -4.50. The van der Waals surface area contributed by atoms with Gasteiger partial charge in [0.1, 0.15) is 11.5 Å². The molecule has 0 aromatic heterocycles. The molecule has 0 radical (unpaired) electrons. The van der Waals surface area contributed by atoms with Gasteiger partial charge in [-0.15, -0.1) is 0 Å². The van der Waals surface area contributed by atoms with Gasteiger partial charge in [0.25, 0.3) is 0 Å². The van der Waals surface area contributed by atoms with Gasteiger partial charge in [-0.3, -0.25) is 9.36 Å². The van der Waals surface area contributed by atoms with Gasteiger partial charge < -0.3 is 14.7 Å². The van der Waals surface area contributed by atoms with E-state index >= 15 is 0 Å². The van der Waals surface area contributed by atoms with Gasteiger partial charge in [0.15, 0.2) is 0 Å². The van der Waals surface area contributed by atoms with Gasteiger partial charge in [-0.2, -0.15) is 0 Å². The van der Waals surface area contributed by atoms with Gasteiger partial charge in [-0.1, -0.05) is 26.0 Å². The zero-order valence-corrected chi connectivity index (χ0v) is 15.5. The first-order chi connectivity index (χ1) is 11.7. The number of hydrogen-bond acceptors (Lipinski definition) is 2. The van der Waals surface area contributed by atoms with E-state index in [4.69, 9.17) is 0 Å². The SMILES string of the molecule is CCC1(CC)C[C@@H](c2cccc(F)c2)N2C(=O)C(P(=O)(O)O)CC[C@@H]21. The molecule has 2 fully saturated rings. The van der Waals surface area contributed by atoms with Crippen molar-refractivity contribution in [3.8, 4) is 0 Å². The fraction of sp³-hybridized carbons (Fsp3) is 0.611. The van der Waals surface area contributed by atoms with Crippen LogP contribution in [0.4, 0.5) is 4.39 Å². The zero-order chi connectivity index (χ0) is 18.4. The lowest BCUT2D eigenvalue weighted by Gasteiger charge is -2.43. The van der Waals surface area contributed by atoms with Gasteiger partial charge in [-0.05, 0) is 55.2 Å². The second-order valence-corrected chi connectivity index (χ2v) is 9.09. The highest BCUT2D eigenvalue weighted by Crippen LogP contribution is 2.58. The molecule has 0 spiro atoms. The molecule has 1 aromatic carbocycles. The molecule has 5 nitrogen and oxygen atoms in total. The molecule has 3 rings (SSSR count). The van der Waals surface area contributed by atoms with Crippen molar-refractivity contribution in [2.24, 2.45) is 5.41 Å². The fourth-order valence-electron chi connectivity index (χ4n) is 4.81. The Morgan fingerprint density at radius 2 is 1.96 bits per heavy atom. The lowest BCUT2D eigenvalue weighted by atomic mass is 9.72. The lowest BCUT2D eigenvalue weighted by molar-refractivity contribution is -0.138. The van der Waals surface area contributed by atoms with Crippen LogP contribution < -0.4 is 0 Å². The summed E-state index contributed by atoms with van der Waals surface area (Å²) in [6.07, 6.45) is 3.25. The Bertz CT molecular complexity index is 715. The van der Waals surface area contributed by atoms with Crippen LogP contribution >= 0.6 is 7.60 Å². The zero-order valence-electron chi connectivity index (χ0n) is 14.6. The highest BCUT2D eigenvalue weighted by Gasteiger charge is 2.57. The van der Waals surface area contributed by atoms with Crippen LogP contribution in [0, 0.1) is 11.2 Å². The van der Waals surface area contributed by atoms with E-state index in [1.807, 2.05) is 0 Å². The van der Waals surface area contributed by atoms with E-state index in [2.05, 4.69) is 13.8 Å². The summed E-state index contributed by atoms with van der Waals surface area (Å²) < 4.78 is 25.5. The molecule has 2 saturated heterocycles. The van der Waals surface area contributed by atoms with Crippen LogP contribution in [-0.4, -0.2) is 32.3 Å². The summed E-state index contributed by atoms with van der Waals surface area (Å²) >= 11 is 0. The minimum absolute atomic E-state index is 0.0499. The van der Waals surface area contributed by atoms with Gasteiger partial charge in [0.05, 0.1) is 6.04 Å². The average Bonchev–Trinajstić information content (AvgIpc) is 2.90. The van der Waals surface area contributed by atoms with Gasteiger partial charge in [0.2, 0.25) is 5.91 Å². The third kappa shape index (κ3) is 3.05. The van der Waals surface area contributed by atoms with Crippen LogP contribution in [0.5, 0.6) is 0 Å². The molecule has 2 aliphatic heterocycles. The lowest BCUT2D eigenvalue weighted by Crippen LogP contribution is -2.51. The highest BCUT2D eigenvalue weighted by atomic mass is 31.2. The number of carbonyl (C=O) groups is 1. The molecule has 2 aliphatic rings. The third-order valence-electron chi connectivity index (χ3n) is 6.28. The van der Waals surface area contributed by atoms with Crippen molar-refractivity contribution in [2.75, 3.05) is 0 Å². The molecule has 1 aromatic rings. The number of nitrogens with zero attached hydrogens (tertiary/aromatic N) is 1. The van der Waals surface area contributed by atoms with E-state index in [0.717, 1.165) is 12.8 Å². The molecule has 138 valence electrons. The molecule has 25 heavy (non-hydrogen) atoms. The number of benzene rings is 1. The Labute approximate surface area is 147 Å². The molecule has 0 saturated carbocycles. The van der Waals surface area contributed by atoms with Crippen molar-refractivity contribution in [3.05, 3.63) is 35.6 Å². The van der Waals surface area contributed by atoms with Crippen LogP contribution in [0.25, 0.3) is 0 Å². The van der Waals surface area contributed by atoms with E-state index in [9.17, 15) is 23.5 Å². The number of rotatable bonds is 4. The summed E-state index contributed by atoms with van der Waals surface area (Å²) in [5.41, 5.74) is -0.662. The molecular formula is C18H25FNO4P. The molecule has 0 bridgehead atoms.